The number of amides is 4. The van der Waals surface area contributed by atoms with E-state index in [0.29, 0.717) is 5.69 Å². The number of hydrogen-bond acceptors (Lipinski definition) is 9. The Bertz CT molecular complexity index is 791. The number of aromatic amines is 1. The first-order chi connectivity index (χ1) is 14.6. The van der Waals surface area contributed by atoms with Crippen LogP contribution in [0.4, 0.5) is 0 Å². The first-order valence-corrected chi connectivity index (χ1v) is 10.2. The van der Waals surface area contributed by atoms with Crippen LogP contribution in [0.2, 0.25) is 0 Å². The fourth-order valence-electron chi connectivity index (χ4n) is 2.34. The molecule has 4 unspecified atom stereocenters. The van der Waals surface area contributed by atoms with Gasteiger partial charge in [-0.15, -0.1) is 0 Å². The minimum absolute atomic E-state index is 0.102. The van der Waals surface area contributed by atoms with Gasteiger partial charge < -0.3 is 37.5 Å². The highest BCUT2D eigenvalue weighted by atomic mass is 32.1. The van der Waals surface area contributed by atoms with Gasteiger partial charge in [-0.1, -0.05) is 0 Å². The van der Waals surface area contributed by atoms with Gasteiger partial charge in [0.1, 0.15) is 18.1 Å². The highest BCUT2D eigenvalue weighted by Crippen LogP contribution is 2.00. The zero-order valence-electron chi connectivity index (χ0n) is 16.3. The number of nitrogens with zero attached hydrogens (tertiary/aromatic N) is 1. The molecule has 0 bridgehead atoms. The minimum atomic E-state index is -1.56. The zero-order chi connectivity index (χ0) is 23.6. The van der Waals surface area contributed by atoms with E-state index in [1.54, 1.807) is 0 Å². The maximum absolute atomic E-state index is 12.5. The second-order valence-corrected chi connectivity index (χ2v) is 7.18. The standard InChI is InChI=1S/C16H25N7O6S2/c17-8(1-7-3-19-6-20-7)13(25)22-10(4-30)15(27)23-11(5-31)14(26)21-9(16(28)29)2-12(18)24/h3,6,8-11,30-31H,1-2,4-5,17H2,(H2,18,24)(H,19,20)(H,21,26)(H,22,25)(H,23,27)(H,28,29). The Kier molecular flexibility index (Phi) is 10.8. The summed E-state index contributed by atoms with van der Waals surface area (Å²) in [4.78, 5) is 65.8. The van der Waals surface area contributed by atoms with E-state index in [-0.39, 0.29) is 17.9 Å². The summed E-state index contributed by atoms with van der Waals surface area (Å²) in [5, 5.41) is 16.0. The van der Waals surface area contributed by atoms with Crippen LogP contribution in [0.25, 0.3) is 0 Å². The first-order valence-electron chi connectivity index (χ1n) is 8.95. The van der Waals surface area contributed by atoms with E-state index in [1.807, 2.05) is 0 Å². The van der Waals surface area contributed by atoms with Gasteiger partial charge in [0.05, 0.1) is 18.8 Å². The van der Waals surface area contributed by atoms with Gasteiger partial charge in [-0.25, -0.2) is 9.78 Å². The van der Waals surface area contributed by atoms with E-state index in [1.165, 1.54) is 12.5 Å². The van der Waals surface area contributed by atoms with Crippen LogP contribution in [0.5, 0.6) is 0 Å². The summed E-state index contributed by atoms with van der Waals surface area (Å²) >= 11 is 8.00. The average Bonchev–Trinajstić information content (AvgIpc) is 3.21. The van der Waals surface area contributed by atoms with Gasteiger partial charge in [-0.3, -0.25) is 19.2 Å². The van der Waals surface area contributed by atoms with Crippen molar-refractivity contribution in [3.63, 3.8) is 0 Å². The van der Waals surface area contributed by atoms with Crippen LogP contribution in [0.1, 0.15) is 12.1 Å². The number of aliphatic carboxylic acids is 1. The number of aromatic nitrogens is 2. The largest absolute Gasteiger partial charge is 0.480 e. The second-order valence-electron chi connectivity index (χ2n) is 6.44. The highest BCUT2D eigenvalue weighted by molar-refractivity contribution is 7.80. The Hall–Kier alpha value is -2.78. The van der Waals surface area contributed by atoms with Gasteiger partial charge in [-0.05, 0) is 0 Å². The Morgan fingerprint density at radius 1 is 1.00 bits per heavy atom. The van der Waals surface area contributed by atoms with Crippen LogP contribution in [-0.4, -0.2) is 80.3 Å². The van der Waals surface area contributed by atoms with Crippen molar-refractivity contribution < 1.29 is 29.1 Å². The molecule has 1 heterocycles. The number of imidazole rings is 1. The molecule has 4 atom stereocenters. The molecule has 172 valence electrons. The average molecular weight is 476 g/mol. The first kappa shape index (κ1) is 26.3. The van der Waals surface area contributed by atoms with Crippen molar-refractivity contribution in [2.24, 2.45) is 11.5 Å². The molecule has 0 aliphatic carbocycles. The number of carbonyl (C=O) groups is 5. The summed E-state index contributed by atoms with van der Waals surface area (Å²) in [7, 11) is 0. The summed E-state index contributed by atoms with van der Waals surface area (Å²) in [6, 6.07) is -4.90. The Morgan fingerprint density at radius 2 is 1.52 bits per heavy atom. The lowest BCUT2D eigenvalue weighted by molar-refractivity contribution is -0.143. The highest BCUT2D eigenvalue weighted by Gasteiger charge is 2.29. The molecule has 15 heteroatoms. The predicted octanol–water partition coefficient (Wildman–Crippen LogP) is -3.45. The SMILES string of the molecule is NC(=O)CC(NC(=O)C(CS)NC(=O)C(CS)NC(=O)C(N)Cc1cnc[nH]1)C(=O)O. The summed E-state index contributed by atoms with van der Waals surface area (Å²) in [6.45, 7) is 0. The van der Waals surface area contributed by atoms with Gasteiger partial charge in [0, 0.05) is 29.8 Å². The summed E-state index contributed by atoms with van der Waals surface area (Å²) in [5.74, 6) is -4.96. The molecule has 0 aromatic carbocycles. The van der Waals surface area contributed by atoms with Crippen molar-refractivity contribution in [1.29, 1.82) is 0 Å². The van der Waals surface area contributed by atoms with Crippen molar-refractivity contribution in [2.45, 2.75) is 37.0 Å². The van der Waals surface area contributed by atoms with Crippen molar-refractivity contribution in [2.75, 3.05) is 11.5 Å². The normalized spacial score (nSPS) is 14.5. The molecule has 0 saturated carbocycles. The molecule has 4 amide bonds. The van der Waals surface area contributed by atoms with Crippen molar-refractivity contribution >= 4 is 54.9 Å². The number of carboxylic acids is 1. The van der Waals surface area contributed by atoms with Crippen molar-refractivity contribution in [3.8, 4) is 0 Å². The number of nitrogens with two attached hydrogens (primary N) is 2. The maximum Gasteiger partial charge on any atom is 0.326 e. The van der Waals surface area contributed by atoms with E-state index >= 15 is 0 Å². The topological polar surface area (TPSA) is 222 Å². The molecule has 1 rings (SSSR count). The number of carbonyl (C=O) groups excluding carboxylic acids is 4. The summed E-state index contributed by atoms with van der Waals surface area (Å²) in [5.41, 5.74) is 11.4. The number of carboxylic acid groups (broad SMARTS) is 1. The molecule has 0 aliphatic heterocycles. The summed E-state index contributed by atoms with van der Waals surface area (Å²) < 4.78 is 0. The molecule has 0 radical (unpaired) electrons. The molecule has 0 fully saturated rings. The van der Waals surface area contributed by atoms with Crippen LogP contribution >= 0.6 is 25.3 Å². The predicted molar refractivity (Wildman–Crippen MR) is 115 cm³/mol. The van der Waals surface area contributed by atoms with Gasteiger partial charge in [0.2, 0.25) is 23.6 Å². The number of thiol groups is 2. The van der Waals surface area contributed by atoms with E-state index < -0.39 is 60.2 Å². The monoisotopic (exact) mass is 475 g/mol. The molecule has 9 N–H and O–H groups in total. The maximum atomic E-state index is 12.5. The van der Waals surface area contributed by atoms with Crippen molar-refractivity contribution in [1.82, 2.24) is 25.9 Å². The van der Waals surface area contributed by atoms with E-state index in [9.17, 15) is 24.0 Å². The Labute approximate surface area is 188 Å². The third-order valence-corrected chi connectivity index (χ3v) is 4.71. The number of nitrogens with one attached hydrogen (secondary N) is 4. The van der Waals surface area contributed by atoms with E-state index in [4.69, 9.17) is 16.6 Å². The fourth-order valence-corrected chi connectivity index (χ4v) is 2.85. The van der Waals surface area contributed by atoms with Crippen LogP contribution in [0.3, 0.4) is 0 Å². The van der Waals surface area contributed by atoms with Gasteiger partial charge in [0.15, 0.2) is 0 Å². The molecule has 0 saturated heterocycles. The molecule has 1 aromatic heterocycles. The van der Waals surface area contributed by atoms with E-state index in [2.05, 4.69) is 51.2 Å². The Balaban J connectivity index is 2.70. The lowest BCUT2D eigenvalue weighted by Crippen LogP contribution is -2.58. The van der Waals surface area contributed by atoms with Crippen molar-refractivity contribution in [3.05, 3.63) is 18.2 Å². The number of rotatable bonds is 13. The molecule has 1 aromatic rings. The quantitative estimate of drug-likeness (QED) is 0.130. The molecule has 0 spiro atoms. The van der Waals surface area contributed by atoms with Crippen LogP contribution in [0, 0.1) is 0 Å². The van der Waals surface area contributed by atoms with Gasteiger partial charge in [0.25, 0.3) is 0 Å². The van der Waals surface area contributed by atoms with E-state index in [0.717, 1.165) is 0 Å². The molecular weight excluding hydrogens is 450 g/mol. The van der Waals surface area contributed by atoms with Crippen LogP contribution in [-0.2, 0) is 30.4 Å². The van der Waals surface area contributed by atoms with Gasteiger partial charge in [-0.2, -0.15) is 25.3 Å². The number of hydrogen-bond donors (Lipinski definition) is 9. The number of H-pyrrole nitrogens is 1. The van der Waals surface area contributed by atoms with Crippen LogP contribution < -0.4 is 27.4 Å². The lowest BCUT2D eigenvalue weighted by atomic mass is 10.1. The third-order valence-electron chi connectivity index (χ3n) is 3.98. The molecular formula is C16H25N7O6S2. The smallest absolute Gasteiger partial charge is 0.326 e. The second kappa shape index (κ2) is 12.8. The summed E-state index contributed by atoms with van der Waals surface area (Å²) in [6.07, 6.45) is 2.47. The molecule has 0 aliphatic rings. The molecule has 31 heavy (non-hydrogen) atoms. The third kappa shape index (κ3) is 8.85. The lowest BCUT2D eigenvalue weighted by Gasteiger charge is -2.23. The van der Waals surface area contributed by atoms with Crippen LogP contribution in [0.15, 0.2) is 12.5 Å². The zero-order valence-corrected chi connectivity index (χ0v) is 18.1. The molecule has 13 nitrogen and oxygen atoms in total. The number of primary amides is 1. The van der Waals surface area contributed by atoms with Gasteiger partial charge >= 0.3 is 5.97 Å². The Morgan fingerprint density at radius 3 is 1.94 bits per heavy atom. The minimum Gasteiger partial charge on any atom is -0.480 e. The fraction of sp³-hybridized carbons (Fsp3) is 0.500.